The van der Waals surface area contributed by atoms with Gasteiger partial charge in [0.15, 0.2) is 0 Å². The minimum atomic E-state index is -0.213. The van der Waals surface area contributed by atoms with E-state index in [0.717, 1.165) is 43.6 Å². The predicted molar refractivity (Wildman–Crippen MR) is 102 cm³/mol. The number of carbonyl (C=O) groups excluding carboxylic acids is 1. The van der Waals surface area contributed by atoms with Gasteiger partial charge in [0.1, 0.15) is 5.82 Å². The van der Waals surface area contributed by atoms with Gasteiger partial charge in [-0.15, -0.1) is 0 Å². The zero-order chi connectivity index (χ0) is 18.5. The smallest absolute Gasteiger partial charge is 0.224 e. The Balaban J connectivity index is 1.55. The highest BCUT2D eigenvalue weighted by Crippen LogP contribution is 2.21. The predicted octanol–water partition coefficient (Wildman–Crippen LogP) is 4.22. The summed E-state index contributed by atoms with van der Waals surface area (Å²) in [5.41, 5.74) is 3.43. The highest BCUT2D eigenvalue weighted by molar-refractivity contribution is 5.79. The Labute approximate surface area is 155 Å². The second-order valence-electron chi connectivity index (χ2n) is 7.34. The molecule has 4 heteroatoms. The van der Waals surface area contributed by atoms with Crippen molar-refractivity contribution in [1.29, 1.82) is 0 Å². The van der Waals surface area contributed by atoms with Crippen LogP contribution in [0.15, 0.2) is 48.5 Å². The molecule has 3 nitrogen and oxygen atoms in total. The zero-order valence-electron chi connectivity index (χ0n) is 15.5. The second-order valence-corrected chi connectivity index (χ2v) is 7.34. The lowest BCUT2D eigenvalue weighted by Gasteiger charge is -2.32. The van der Waals surface area contributed by atoms with Gasteiger partial charge in [0.25, 0.3) is 0 Å². The monoisotopic (exact) mass is 354 g/mol. The second kappa shape index (κ2) is 8.45. The molecule has 2 atom stereocenters. The molecule has 0 bridgehead atoms. The summed E-state index contributed by atoms with van der Waals surface area (Å²) < 4.78 is 13.1. The summed E-state index contributed by atoms with van der Waals surface area (Å²) >= 11 is 0. The van der Waals surface area contributed by atoms with Gasteiger partial charge in [-0.2, -0.15) is 0 Å². The van der Waals surface area contributed by atoms with Crippen LogP contribution in [-0.2, 0) is 11.3 Å². The van der Waals surface area contributed by atoms with E-state index in [9.17, 15) is 9.18 Å². The first-order valence-electron chi connectivity index (χ1n) is 9.35. The Morgan fingerprint density at radius 2 is 1.88 bits per heavy atom. The number of hydrogen-bond donors (Lipinski definition) is 1. The maximum absolute atomic E-state index is 13.1. The molecular formula is C22H27FN2O. The van der Waals surface area contributed by atoms with E-state index in [2.05, 4.69) is 41.4 Å². The Hall–Kier alpha value is -2.20. The molecular weight excluding hydrogens is 327 g/mol. The lowest BCUT2D eigenvalue weighted by atomic mass is 9.96. The number of carbonyl (C=O) groups is 1. The van der Waals surface area contributed by atoms with Crippen LogP contribution in [0.2, 0.25) is 0 Å². The van der Waals surface area contributed by atoms with Gasteiger partial charge in [0.05, 0.1) is 12.0 Å². The molecule has 1 saturated heterocycles. The van der Waals surface area contributed by atoms with Crippen molar-refractivity contribution in [3.05, 3.63) is 71.0 Å². The Morgan fingerprint density at radius 1 is 1.19 bits per heavy atom. The molecule has 1 fully saturated rings. The molecule has 1 heterocycles. The molecule has 0 spiro atoms. The fraction of sp³-hybridized carbons (Fsp3) is 0.409. The third kappa shape index (κ3) is 4.92. The van der Waals surface area contributed by atoms with Gasteiger partial charge in [-0.3, -0.25) is 9.69 Å². The van der Waals surface area contributed by atoms with E-state index < -0.39 is 0 Å². The SMILES string of the molecule is Cc1ccc([C@H](C)NC(=O)[C@@H]2CCCN(Cc3ccc(F)cc3)C2)cc1. The summed E-state index contributed by atoms with van der Waals surface area (Å²) in [7, 11) is 0. The van der Waals surface area contributed by atoms with Crippen LogP contribution in [0.1, 0.15) is 42.5 Å². The van der Waals surface area contributed by atoms with Crippen molar-refractivity contribution in [2.24, 2.45) is 5.92 Å². The van der Waals surface area contributed by atoms with E-state index in [1.165, 1.54) is 17.7 Å². The third-order valence-electron chi connectivity index (χ3n) is 5.13. The van der Waals surface area contributed by atoms with Crippen LogP contribution in [0.4, 0.5) is 4.39 Å². The lowest BCUT2D eigenvalue weighted by Crippen LogP contribution is -2.43. The molecule has 0 unspecified atom stereocenters. The van der Waals surface area contributed by atoms with Gasteiger partial charge in [0, 0.05) is 13.1 Å². The van der Waals surface area contributed by atoms with Crippen molar-refractivity contribution in [3.8, 4) is 0 Å². The normalized spacial score (nSPS) is 19.1. The van der Waals surface area contributed by atoms with Crippen LogP contribution in [-0.4, -0.2) is 23.9 Å². The largest absolute Gasteiger partial charge is 0.349 e. The van der Waals surface area contributed by atoms with Crippen LogP contribution < -0.4 is 5.32 Å². The summed E-state index contributed by atoms with van der Waals surface area (Å²) in [5, 5.41) is 3.16. The van der Waals surface area contributed by atoms with Gasteiger partial charge in [-0.1, -0.05) is 42.0 Å². The molecule has 26 heavy (non-hydrogen) atoms. The van der Waals surface area contributed by atoms with Crippen LogP contribution >= 0.6 is 0 Å². The maximum Gasteiger partial charge on any atom is 0.224 e. The molecule has 2 aromatic carbocycles. The molecule has 1 aliphatic rings. The number of halogens is 1. The molecule has 2 aromatic rings. The Kier molecular flexibility index (Phi) is 6.04. The molecule has 1 amide bonds. The van der Waals surface area contributed by atoms with Gasteiger partial charge in [0.2, 0.25) is 5.91 Å². The van der Waals surface area contributed by atoms with Gasteiger partial charge in [-0.05, 0) is 56.5 Å². The number of piperidine rings is 1. The summed E-state index contributed by atoms with van der Waals surface area (Å²) in [6.07, 6.45) is 1.94. The number of aryl methyl sites for hydroxylation is 1. The van der Waals surface area contributed by atoms with E-state index in [1.54, 1.807) is 0 Å². The van der Waals surface area contributed by atoms with Crippen molar-refractivity contribution in [2.45, 2.75) is 39.3 Å². The molecule has 0 aliphatic carbocycles. The summed E-state index contributed by atoms with van der Waals surface area (Å²) in [6, 6.07) is 14.9. The average molecular weight is 354 g/mol. The Bertz CT molecular complexity index is 727. The summed E-state index contributed by atoms with van der Waals surface area (Å²) in [5.74, 6) is -0.0753. The molecule has 1 aliphatic heterocycles. The fourth-order valence-electron chi connectivity index (χ4n) is 3.53. The van der Waals surface area contributed by atoms with Gasteiger partial charge < -0.3 is 5.32 Å². The van der Waals surface area contributed by atoms with Crippen molar-refractivity contribution in [2.75, 3.05) is 13.1 Å². The van der Waals surface area contributed by atoms with Crippen LogP contribution in [0.25, 0.3) is 0 Å². The molecule has 0 saturated carbocycles. The highest BCUT2D eigenvalue weighted by Gasteiger charge is 2.26. The number of nitrogens with one attached hydrogen (secondary N) is 1. The molecule has 138 valence electrons. The zero-order valence-corrected chi connectivity index (χ0v) is 15.5. The maximum atomic E-state index is 13.1. The summed E-state index contributed by atoms with van der Waals surface area (Å²) in [6.45, 7) is 6.59. The highest BCUT2D eigenvalue weighted by atomic mass is 19.1. The Morgan fingerprint density at radius 3 is 2.58 bits per heavy atom. The van der Waals surface area contributed by atoms with E-state index >= 15 is 0 Å². The molecule has 3 rings (SSSR count). The van der Waals surface area contributed by atoms with E-state index in [0.29, 0.717) is 0 Å². The lowest BCUT2D eigenvalue weighted by molar-refractivity contribution is -0.127. The first-order valence-corrected chi connectivity index (χ1v) is 9.35. The molecule has 0 aromatic heterocycles. The van der Waals surface area contributed by atoms with E-state index in [4.69, 9.17) is 0 Å². The van der Waals surface area contributed by atoms with Crippen molar-refractivity contribution in [1.82, 2.24) is 10.2 Å². The number of rotatable bonds is 5. The minimum absolute atomic E-state index is 0.00979. The first kappa shape index (κ1) is 18.6. The quantitative estimate of drug-likeness (QED) is 0.872. The van der Waals surface area contributed by atoms with Crippen LogP contribution in [0.3, 0.4) is 0 Å². The van der Waals surface area contributed by atoms with Gasteiger partial charge >= 0.3 is 0 Å². The number of hydrogen-bond acceptors (Lipinski definition) is 2. The minimum Gasteiger partial charge on any atom is -0.349 e. The van der Waals surface area contributed by atoms with Crippen molar-refractivity contribution >= 4 is 5.91 Å². The number of benzene rings is 2. The number of nitrogens with zero attached hydrogens (tertiary/aromatic N) is 1. The molecule has 0 radical (unpaired) electrons. The average Bonchev–Trinajstić information content (AvgIpc) is 2.64. The van der Waals surface area contributed by atoms with Crippen LogP contribution in [0.5, 0.6) is 0 Å². The number of likely N-dealkylation sites (tertiary alicyclic amines) is 1. The fourth-order valence-corrected chi connectivity index (χ4v) is 3.53. The van der Waals surface area contributed by atoms with Crippen molar-refractivity contribution < 1.29 is 9.18 Å². The topological polar surface area (TPSA) is 32.3 Å². The molecule has 1 N–H and O–H groups in total. The first-order chi connectivity index (χ1) is 12.5. The van der Waals surface area contributed by atoms with Crippen LogP contribution in [0, 0.1) is 18.7 Å². The van der Waals surface area contributed by atoms with E-state index in [1.807, 2.05) is 19.1 Å². The van der Waals surface area contributed by atoms with Gasteiger partial charge in [-0.25, -0.2) is 4.39 Å². The third-order valence-corrected chi connectivity index (χ3v) is 5.13. The van der Waals surface area contributed by atoms with E-state index in [-0.39, 0.29) is 23.7 Å². The summed E-state index contributed by atoms with van der Waals surface area (Å²) in [4.78, 5) is 15.0. The standard InChI is InChI=1S/C22H27FN2O/c1-16-5-9-19(10-6-16)17(2)24-22(26)20-4-3-13-25(15-20)14-18-7-11-21(23)12-8-18/h5-12,17,20H,3-4,13-15H2,1-2H3,(H,24,26)/t17-,20+/m0/s1. The number of amides is 1. The van der Waals surface area contributed by atoms with Crippen molar-refractivity contribution in [3.63, 3.8) is 0 Å².